The van der Waals surface area contributed by atoms with Crippen molar-refractivity contribution in [2.75, 3.05) is 31.9 Å². The topological polar surface area (TPSA) is 74.8 Å². The van der Waals surface area contributed by atoms with Crippen LogP contribution in [-0.4, -0.2) is 57.4 Å². The van der Waals surface area contributed by atoms with E-state index in [1.54, 1.807) is 6.92 Å². The van der Waals surface area contributed by atoms with E-state index in [1.165, 1.54) is 20.7 Å². The summed E-state index contributed by atoms with van der Waals surface area (Å²) in [6, 6.07) is 4.63. The minimum absolute atomic E-state index is 0.00227. The molecule has 0 bridgehead atoms. The second-order valence-corrected chi connectivity index (χ2v) is 9.21. The lowest BCUT2D eigenvalue weighted by Crippen LogP contribution is -2.37. The van der Waals surface area contributed by atoms with Crippen molar-refractivity contribution in [2.45, 2.75) is 18.2 Å². The van der Waals surface area contributed by atoms with E-state index >= 15 is 0 Å². The molecule has 1 aliphatic heterocycles. The van der Waals surface area contributed by atoms with Gasteiger partial charge in [0.2, 0.25) is 20.0 Å². The van der Waals surface area contributed by atoms with Crippen LogP contribution in [0.25, 0.3) is 0 Å². The minimum Gasteiger partial charge on any atom is -0.212 e. The fourth-order valence-corrected chi connectivity index (χ4v) is 4.93. The normalized spacial score (nSPS) is 19.0. The maximum absolute atomic E-state index is 12.9. The van der Waals surface area contributed by atoms with Crippen molar-refractivity contribution in [2.24, 2.45) is 0 Å². The smallest absolute Gasteiger partial charge is 0.212 e. The van der Waals surface area contributed by atoms with Crippen molar-refractivity contribution in [1.29, 1.82) is 0 Å². The average Bonchev–Trinajstić information content (AvgIpc) is 2.74. The molecule has 0 aliphatic carbocycles. The molecule has 2 rings (SSSR count). The molecular formula is C13H19FN2O4S2. The summed E-state index contributed by atoms with van der Waals surface area (Å²) < 4.78 is 64.3. The van der Waals surface area contributed by atoms with Crippen molar-refractivity contribution in [3.63, 3.8) is 0 Å². The van der Waals surface area contributed by atoms with Crippen LogP contribution in [0.3, 0.4) is 0 Å². The van der Waals surface area contributed by atoms with Crippen molar-refractivity contribution in [3.8, 4) is 0 Å². The van der Waals surface area contributed by atoms with Gasteiger partial charge in [-0.3, -0.25) is 0 Å². The lowest BCUT2D eigenvalue weighted by Gasteiger charge is -2.21. The Balaban J connectivity index is 2.18. The van der Waals surface area contributed by atoms with Gasteiger partial charge in [-0.25, -0.2) is 25.5 Å². The van der Waals surface area contributed by atoms with Crippen LogP contribution < -0.4 is 0 Å². The third-order valence-corrected chi connectivity index (χ3v) is 7.42. The molecule has 1 heterocycles. The second-order valence-electron chi connectivity index (χ2n) is 5.01. The Morgan fingerprint density at radius 1 is 0.955 bits per heavy atom. The average molecular weight is 350 g/mol. The van der Waals surface area contributed by atoms with E-state index in [0.29, 0.717) is 13.0 Å². The molecule has 0 amide bonds. The minimum atomic E-state index is -3.73. The van der Waals surface area contributed by atoms with Gasteiger partial charge in [0.25, 0.3) is 0 Å². The van der Waals surface area contributed by atoms with E-state index in [4.69, 9.17) is 0 Å². The van der Waals surface area contributed by atoms with Gasteiger partial charge in [-0.15, -0.1) is 0 Å². The van der Waals surface area contributed by atoms with Gasteiger partial charge in [0.1, 0.15) is 5.82 Å². The zero-order valence-electron chi connectivity index (χ0n) is 12.3. The number of rotatable bonds is 4. The van der Waals surface area contributed by atoms with E-state index in [-0.39, 0.29) is 30.3 Å². The largest absolute Gasteiger partial charge is 0.243 e. The Kier molecular flexibility index (Phi) is 5.21. The Morgan fingerprint density at radius 2 is 1.50 bits per heavy atom. The molecule has 0 unspecified atom stereocenters. The first kappa shape index (κ1) is 17.3. The van der Waals surface area contributed by atoms with Gasteiger partial charge in [-0.05, 0) is 37.6 Å². The van der Waals surface area contributed by atoms with Gasteiger partial charge in [0, 0.05) is 26.2 Å². The third-order valence-electron chi connectivity index (χ3n) is 3.62. The van der Waals surface area contributed by atoms with Crippen LogP contribution in [0.4, 0.5) is 4.39 Å². The second kappa shape index (κ2) is 6.61. The molecular weight excluding hydrogens is 331 g/mol. The van der Waals surface area contributed by atoms with E-state index in [0.717, 1.165) is 12.1 Å². The van der Waals surface area contributed by atoms with Crippen LogP contribution in [0.5, 0.6) is 0 Å². The molecule has 9 heteroatoms. The number of sulfonamides is 2. The van der Waals surface area contributed by atoms with Crippen molar-refractivity contribution >= 4 is 20.0 Å². The maximum Gasteiger partial charge on any atom is 0.243 e. The van der Waals surface area contributed by atoms with Crippen molar-refractivity contribution in [1.82, 2.24) is 8.61 Å². The molecule has 1 fully saturated rings. The van der Waals surface area contributed by atoms with Crippen LogP contribution in [0.2, 0.25) is 0 Å². The van der Waals surface area contributed by atoms with Gasteiger partial charge in [-0.1, -0.05) is 0 Å². The summed E-state index contributed by atoms with van der Waals surface area (Å²) in [7, 11) is -7.05. The van der Waals surface area contributed by atoms with Crippen LogP contribution >= 0.6 is 0 Å². The molecule has 0 spiro atoms. The highest BCUT2D eigenvalue weighted by Crippen LogP contribution is 2.19. The molecule has 0 saturated carbocycles. The van der Waals surface area contributed by atoms with Gasteiger partial charge in [0.05, 0.1) is 10.6 Å². The molecule has 0 N–H and O–H groups in total. The molecule has 1 aromatic rings. The summed E-state index contributed by atoms with van der Waals surface area (Å²) in [5.74, 6) is -0.507. The van der Waals surface area contributed by atoms with Gasteiger partial charge >= 0.3 is 0 Å². The molecule has 0 aromatic heterocycles. The first-order chi connectivity index (χ1) is 10.3. The van der Waals surface area contributed by atoms with Crippen LogP contribution in [0.1, 0.15) is 13.3 Å². The Hall–Kier alpha value is -1.03. The van der Waals surface area contributed by atoms with Crippen molar-refractivity contribution in [3.05, 3.63) is 30.1 Å². The molecule has 1 aromatic carbocycles. The van der Waals surface area contributed by atoms with Gasteiger partial charge < -0.3 is 0 Å². The number of halogens is 1. The predicted octanol–water partition coefficient (Wildman–Crippen LogP) is 0.872. The maximum atomic E-state index is 12.9. The monoisotopic (exact) mass is 350 g/mol. The molecule has 22 heavy (non-hydrogen) atoms. The molecule has 6 nitrogen and oxygen atoms in total. The summed E-state index contributed by atoms with van der Waals surface area (Å²) in [5.41, 5.74) is 0. The quantitative estimate of drug-likeness (QED) is 0.808. The van der Waals surface area contributed by atoms with E-state index in [1.807, 2.05) is 0 Å². The SMILES string of the molecule is CCS(=O)(=O)N1CCCN(S(=O)(=O)c2ccc(F)cc2)CC1. The number of hydrogen-bond donors (Lipinski definition) is 0. The highest BCUT2D eigenvalue weighted by atomic mass is 32.2. The Morgan fingerprint density at radius 3 is 2.09 bits per heavy atom. The summed E-state index contributed by atoms with van der Waals surface area (Å²) in [6.45, 7) is 2.35. The Bertz CT molecular complexity index is 717. The van der Waals surface area contributed by atoms with Crippen molar-refractivity contribution < 1.29 is 21.2 Å². The third kappa shape index (κ3) is 3.65. The zero-order chi connectivity index (χ0) is 16.4. The van der Waals surface area contributed by atoms with Gasteiger partial charge in [-0.2, -0.15) is 4.31 Å². The van der Waals surface area contributed by atoms with E-state index < -0.39 is 25.9 Å². The molecule has 0 radical (unpaired) electrons. The summed E-state index contributed by atoms with van der Waals surface area (Å²) in [4.78, 5) is 0.0145. The highest BCUT2D eigenvalue weighted by molar-refractivity contribution is 7.89. The van der Waals surface area contributed by atoms with E-state index in [9.17, 15) is 21.2 Å². The Labute approximate surface area is 130 Å². The highest BCUT2D eigenvalue weighted by Gasteiger charge is 2.30. The van der Waals surface area contributed by atoms with Crippen LogP contribution in [-0.2, 0) is 20.0 Å². The predicted molar refractivity (Wildman–Crippen MR) is 80.8 cm³/mol. The summed E-state index contributed by atoms with van der Waals surface area (Å²) in [5, 5.41) is 0. The fraction of sp³-hybridized carbons (Fsp3) is 0.538. The van der Waals surface area contributed by atoms with E-state index in [2.05, 4.69) is 0 Å². The summed E-state index contributed by atoms with van der Waals surface area (Å²) in [6.07, 6.45) is 0.430. The number of hydrogen-bond acceptors (Lipinski definition) is 4. The molecule has 0 atom stereocenters. The standard InChI is InChI=1S/C13H19FN2O4S2/c1-2-21(17,18)15-8-3-9-16(11-10-15)22(19,20)13-6-4-12(14)5-7-13/h4-7H,2-3,8-11H2,1H3. The summed E-state index contributed by atoms with van der Waals surface area (Å²) >= 11 is 0. The molecule has 1 aliphatic rings. The molecule has 1 saturated heterocycles. The number of benzene rings is 1. The number of nitrogens with zero attached hydrogens (tertiary/aromatic N) is 2. The van der Waals surface area contributed by atoms with Gasteiger partial charge in [0.15, 0.2) is 0 Å². The molecule has 124 valence electrons. The first-order valence-electron chi connectivity index (χ1n) is 7.01. The lowest BCUT2D eigenvalue weighted by atomic mass is 10.4. The van der Waals surface area contributed by atoms with Crippen LogP contribution in [0.15, 0.2) is 29.2 Å². The fourth-order valence-electron chi connectivity index (χ4n) is 2.33. The van der Waals surface area contributed by atoms with Crippen LogP contribution in [0, 0.1) is 5.82 Å². The first-order valence-corrected chi connectivity index (χ1v) is 10.1. The lowest BCUT2D eigenvalue weighted by molar-refractivity contribution is 0.405. The zero-order valence-corrected chi connectivity index (χ0v) is 13.9.